The van der Waals surface area contributed by atoms with Crippen LogP contribution in [0.4, 0.5) is 11.4 Å². The molecule has 0 atom stereocenters. The fourth-order valence-electron chi connectivity index (χ4n) is 2.65. The lowest BCUT2D eigenvalue weighted by Gasteiger charge is -2.11. The van der Waals surface area contributed by atoms with E-state index in [1.54, 1.807) is 18.2 Å². The largest absolute Gasteiger partial charge is 0.493 e. The van der Waals surface area contributed by atoms with Crippen LogP contribution in [0.25, 0.3) is 0 Å². The quantitative estimate of drug-likeness (QED) is 0.665. The average molecular weight is 391 g/mol. The van der Waals surface area contributed by atoms with Crippen molar-refractivity contribution < 1.29 is 19.1 Å². The van der Waals surface area contributed by atoms with Crippen LogP contribution in [0.5, 0.6) is 11.5 Å². The van der Waals surface area contributed by atoms with E-state index in [2.05, 4.69) is 15.6 Å². The molecule has 0 radical (unpaired) electrons. The number of ether oxygens (including phenoxy) is 2. The molecule has 0 saturated heterocycles. The Bertz CT molecular complexity index is 1030. The molecular weight excluding hydrogens is 370 g/mol. The second-order valence-corrected chi connectivity index (χ2v) is 6.31. The molecule has 0 bridgehead atoms. The summed E-state index contributed by atoms with van der Waals surface area (Å²) in [5.41, 5.74) is 2.84. The predicted octanol–water partition coefficient (Wildman–Crippen LogP) is 3.91. The molecule has 7 nitrogen and oxygen atoms in total. The Morgan fingerprint density at radius 1 is 0.759 bits per heavy atom. The molecule has 0 unspecified atom stereocenters. The van der Waals surface area contributed by atoms with Gasteiger partial charge in [-0.1, -0.05) is 17.7 Å². The third-order valence-corrected chi connectivity index (χ3v) is 4.21. The number of carbonyl (C=O) groups is 2. The van der Waals surface area contributed by atoms with Crippen LogP contribution in [0.3, 0.4) is 0 Å². The van der Waals surface area contributed by atoms with Gasteiger partial charge in [0.05, 0.1) is 25.3 Å². The van der Waals surface area contributed by atoms with Crippen LogP contribution in [0, 0.1) is 6.92 Å². The third kappa shape index (κ3) is 4.90. The number of nitrogens with one attached hydrogen (secondary N) is 2. The first-order valence-corrected chi connectivity index (χ1v) is 8.86. The second-order valence-electron chi connectivity index (χ2n) is 6.31. The lowest BCUT2D eigenvalue weighted by molar-refractivity contribution is 0.102. The average Bonchev–Trinajstić information content (AvgIpc) is 2.75. The summed E-state index contributed by atoms with van der Waals surface area (Å²) in [6.07, 6.45) is 2.81. The van der Waals surface area contributed by atoms with Crippen LogP contribution in [0.2, 0.25) is 0 Å². The number of benzene rings is 2. The highest BCUT2D eigenvalue weighted by Crippen LogP contribution is 2.29. The predicted molar refractivity (Wildman–Crippen MR) is 111 cm³/mol. The highest BCUT2D eigenvalue weighted by atomic mass is 16.5. The summed E-state index contributed by atoms with van der Waals surface area (Å²) in [5, 5.41) is 5.55. The number of methoxy groups -OCH3 is 2. The Kier molecular flexibility index (Phi) is 6.09. The van der Waals surface area contributed by atoms with Crippen molar-refractivity contribution in [2.45, 2.75) is 6.92 Å². The normalized spacial score (nSPS) is 10.2. The molecule has 2 amide bonds. The smallest absolute Gasteiger partial charge is 0.257 e. The van der Waals surface area contributed by atoms with Gasteiger partial charge in [-0.3, -0.25) is 14.6 Å². The third-order valence-electron chi connectivity index (χ3n) is 4.21. The number of aryl methyl sites for hydroxylation is 1. The van der Waals surface area contributed by atoms with Gasteiger partial charge in [-0.25, -0.2) is 0 Å². The van der Waals surface area contributed by atoms with Crippen LogP contribution in [-0.4, -0.2) is 31.0 Å². The lowest BCUT2D eigenvalue weighted by atomic mass is 10.1. The fraction of sp³-hybridized carbons (Fsp3) is 0.136. The number of hydrogen-bond acceptors (Lipinski definition) is 5. The summed E-state index contributed by atoms with van der Waals surface area (Å²) in [7, 11) is 3.05. The molecule has 29 heavy (non-hydrogen) atoms. The Labute approximate surface area is 168 Å². The molecular formula is C22H21N3O4. The first-order valence-electron chi connectivity index (χ1n) is 8.86. The molecule has 0 aliphatic heterocycles. The summed E-state index contributed by atoms with van der Waals surface area (Å²) in [5.74, 6) is 0.313. The highest BCUT2D eigenvalue weighted by molar-refractivity contribution is 6.08. The van der Waals surface area contributed by atoms with Gasteiger partial charge in [0.15, 0.2) is 11.5 Å². The molecule has 2 N–H and O–H groups in total. The van der Waals surface area contributed by atoms with Crippen LogP contribution in [0.1, 0.15) is 26.3 Å². The van der Waals surface area contributed by atoms with E-state index in [9.17, 15) is 9.59 Å². The molecule has 0 spiro atoms. The summed E-state index contributed by atoms with van der Waals surface area (Å²) in [4.78, 5) is 29.1. The zero-order valence-corrected chi connectivity index (χ0v) is 16.4. The van der Waals surface area contributed by atoms with E-state index in [1.165, 1.54) is 32.7 Å². The zero-order valence-electron chi connectivity index (χ0n) is 16.4. The topological polar surface area (TPSA) is 89.5 Å². The Morgan fingerprint density at radius 3 is 1.90 bits per heavy atom. The number of pyridine rings is 1. The van der Waals surface area contributed by atoms with Gasteiger partial charge in [0.25, 0.3) is 11.8 Å². The molecule has 0 saturated carbocycles. The van der Waals surface area contributed by atoms with E-state index in [-0.39, 0.29) is 17.0 Å². The molecule has 7 heteroatoms. The van der Waals surface area contributed by atoms with Gasteiger partial charge in [0.1, 0.15) is 0 Å². The summed E-state index contributed by atoms with van der Waals surface area (Å²) in [6, 6.07) is 14.0. The molecule has 2 aromatic carbocycles. The van der Waals surface area contributed by atoms with E-state index >= 15 is 0 Å². The first-order chi connectivity index (χ1) is 14.0. The molecule has 3 aromatic rings. The first kappa shape index (κ1) is 19.9. The Balaban J connectivity index is 1.73. The number of anilines is 2. The van der Waals surface area contributed by atoms with Crippen LogP contribution in [0.15, 0.2) is 60.9 Å². The lowest BCUT2D eigenvalue weighted by Crippen LogP contribution is -2.16. The van der Waals surface area contributed by atoms with Crippen molar-refractivity contribution in [3.63, 3.8) is 0 Å². The van der Waals surface area contributed by atoms with Gasteiger partial charge in [-0.05, 0) is 37.3 Å². The number of amides is 2. The van der Waals surface area contributed by atoms with Gasteiger partial charge in [-0.15, -0.1) is 0 Å². The SMILES string of the molecule is COc1ccc(NC(=O)c2cncc(C(=O)Nc3ccc(C)cc3)c2)cc1OC. The van der Waals surface area contributed by atoms with Gasteiger partial charge < -0.3 is 20.1 Å². The molecule has 1 heterocycles. The van der Waals surface area contributed by atoms with Gasteiger partial charge >= 0.3 is 0 Å². The maximum absolute atomic E-state index is 12.6. The molecule has 148 valence electrons. The fourth-order valence-corrected chi connectivity index (χ4v) is 2.65. The number of aromatic nitrogens is 1. The van der Waals surface area contributed by atoms with E-state index in [0.29, 0.717) is 22.9 Å². The molecule has 0 aliphatic carbocycles. The molecule has 1 aromatic heterocycles. The van der Waals surface area contributed by atoms with E-state index < -0.39 is 5.91 Å². The van der Waals surface area contributed by atoms with Crippen LogP contribution >= 0.6 is 0 Å². The molecule has 3 rings (SSSR count). The Hall–Kier alpha value is -3.87. The summed E-state index contributed by atoms with van der Waals surface area (Å²) in [6.45, 7) is 1.97. The van der Waals surface area contributed by atoms with E-state index in [0.717, 1.165) is 5.56 Å². The number of rotatable bonds is 6. The van der Waals surface area contributed by atoms with Crippen molar-refractivity contribution >= 4 is 23.2 Å². The van der Waals surface area contributed by atoms with Crippen molar-refractivity contribution in [2.75, 3.05) is 24.9 Å². The second kappa shape index (κ2) is 8.88. The Morgan fingerprint density at radius 2 is 1.31 bits per heavy atom. The molecule has 0 aliphatic rings. The van der Waals surface area contributed by atoms with E-state index in [4.69, 9.17) is 9.47 Å². The van der Waals surface area contributed by atoms with Crippen molar-refractivity contribution in [3.8, 4) is 11.5 Å². The zero-order chi connectivity index (χ0) is 20.8. The van der Waals surface area contributed by atoms with Crippen LogP contribution in [-0.2, 0) is 0 Å². The standard InChI is InChI=1S/C22H21N3O4/c1-14-4-6-17(7-5-14)24-21(26)15-10-16(13-23-12-15)22(27)25-18-8-9-19(28-2)20(11-18)29-3/h4-13H,1-3H3,(H,24,26)(H,25,27). The van der Waals surface area contributed by atoms with Gasteiger partial charge in [0, 0.05) is 29.8 Å². The minimum atomic E-state index is -0.394. The van der Waals surface area contributed by atoms with Gasteiger partial charge in [0.2, 0.25) is 0 Å². The van der Waals surface area contributed by atoms with Crippen molar-refractivity contribution in [1.82, 2.24) is 4.98 Å². The van der Waals surface area contributed by atoms with E-state index in [1.807, 2.05) is 31.2 Å². The van der Waals surface area contributed by atoms with Crippen LogP contribution < -0.4 is 20.1 Å². The number of carbonyl (C=O) groups excluding carboxylic acids is 2. The number of hydrogen-bond donors (Lipinski definition) is 2. The monoisotopic (exact) mass is 391 g/mol. The highest BCUT2D eigenvalue weighted by Gasteiger charge is 2.13. The maximum Gasteiger partial charge on any atom is 0.257 e. The maximum atomic E-state index is 12.6. The minimum Gasteiger partial charge on any atom is -0.493 e. The minimum absolute atomic E-state index is 0.261. The van der Waals surface area contributed by atoms with Crippen molar-refractivity contribution in [1.29, 1.82) is 0 Å². The van der Waals surface area contributed by atoms with Crippen molar-refractivity contribution in [2.24, 2.45) is 0 Å². The van der Waals surface area contributed by atoms with Gasteiger partial charge in [-0.2, -0.15) is 0 Å². The summed E-state index contributed by atoms with van der Waals surface area (Å²) >= 11 is 0. The number of nitrogens with zero attached hydrogens (tertiary/aromatic N) is 1. The van der Waals surface area contributed by atoms with Crippen molar-refractivity contribution in [3.05, 3.63) is 77.6 Å². The molecule has 0 fully saturated rings. The summed E-state index contributed by atoms with van der Waals surface area (Å²) < 4.78 is 10.4.